The van der Waals surface area contributed by atoms with E-state index in [4.69, 9.17) is 4.98 Å². The molecule has 152 valence electrons. The number of aromatic nitrogens is 1. The molecular formula is C25H26F3N. The van der Waals surface area contributed by atoms with E-state index in [1.807, 2.05) is 32.0 Å². The van der Waals surface area contributed by atoms with Gasteiger partial charge in [-0.3, -0.25) is 4.98 Å². The monoisotopic (exact) mass is 397 g/mol. The average Bonchev–Trinajstić information content (AvgIpc) is 2.68. The Morgan fingerprint density at radius 1 is 0.586 bits per heavy atom. The summed E-state index contributed by atoms with van der Waals surface area (Å²) >= 11 is 0. The van der Waals surface area contributed by atoms with Crippen molar-refractivity contribution in [2.75, 3.05) is 0 Å². The van der Waals surface area contributed by atoms with Crippen molar-refractivity contribution in [2.45, 2.75) is 51.6 Å². The Balaban J connectivity index is 1.98. The zero-order valence-electron chi connectivity index (χ0n) is 17.4. The lowest BCUT2D eigenvalue weighted by Crippen LogP contribution is -2.25. The van der Waals surface area contributed by atoms with Crippen molar-refractivity contribution < 1.29 is 13.2 Å². The van der Waals surface area contributed by atoms with Gasteiger partial charge in [0.1, 0.15) is 0 Å². The highest BCUT2D eigenvalue weighted by atomic mass is 19.4. The van der Waals surface area contributed by atoms with Crippen molar-refractivity contribution in [3.8, 4) is 0 Å². The van der Waals surface area contributed by atoms with Crippen LogP contribution in [-0.2, 0) is 17.0 Å². The maximum absolute atomic E-state index is 12.9. The molecule has 1 aromatic heterocycles. The molecule has 1 nitrogen and oxygen atoms in total. The van der Waals surface area contributed by atoms with Gasteiger partial charge >= 0.3 is 6.18 Å². The second-order valence-electron chi connectivity index (χ2n) is 8.60. The Hall–Kier alpha value is -2.62. The lowest BCUT2D eigenvalue weighted by molar-refractivity contribution is -0.137. The van der Waals surface area contributed by atoms with Crippen LogP contribution < -0.4 is 0 Å². The fourth-order valence-electron chi connectivity index (χ4n) is 3.47. The molecule has 0 atom stereocenters. The normalized spacial score (nSPS) is 12.8. The van der Waals surface area contributed by atoms with Crippen LogP contribution in [0, 0.1) is 6.92 Å². The third kappa shape index (κ3) is 4.21. The van der Waals surface area contributed by atoms with Gasteiger partial charge in [0.05, 0.1) is 17.0 Å². The number of rotatable bonds is 4. The van der Waals surface area contributed by atoms with E-state index in [0.717, 1.165) is 29.1 Å². The molecular weight excluding hydrogens is 371 g/mol. The van der Waals surface area contributed by atoms with Crippen LogP contribution in [0.5, 0.6) is 0 Å². The summed E-state index contributed by atoms with van der Waals surface area (Å²) in [6.45, 7) is 10.3. The number of pyridine rings is 1. The molecule has 0 unspecified atom stereocenters. The first-order valence-electron chi connectivity index (χ1n) is 9.65. The van der Waals surface area contributed by atoms with E-state index in [1.54, 1.807) is 12.1 Å². The minimum absolute atomic E-state index is 0.292. The molecule has 4 heteroatoms. The van der Waals surface area contributed by atoms with Crippen LogP contribution in [-0.4, -0.2) is 4.98 Å². The molecule has 0 radical (unpaired) electrons. The molecule has 0 spiro atoms. The largest absolute Gasteiger partial charge is 0.416 e. The number of hydrogen-bond acceptors (Lipinski definition) is 1. The molecule has 0 saturated heterocycles. The van der Waals surface area contributed by atoms with E-state index >= 15 is 0 Å². The van der Waals surface area contributed by atoms with Crippen LogP contribution in [0.3, 0.4) is 0 Å². The highest BCUT2D eigenvalue weighted by molar-refractivity contribution is 5.40. The highest BCUT2D eigenvalue weighted by Gasteiger charge is 2.32. The molecule has 29 heavy (non-hydrogen) atoms. The first-order chi connectivity index (χ1) is 13.4. The summed E-state index contributed by atoms with van der Waals surface area (Å²) in [5, 5.41) is 0. The Morgan fingerprint density at radius 2 is 0.966 bits per heavy atom. The van der Waals surface area contributed by atoms with Gasteiger partial charge in [-0.15, -0.1) is 0 Å². The SMILES string of the molecule is Cc1ccc(C(C)(C)c2cccc(C(C)(C)c3ccc(C(F)(F)F)cc3)n2)cc1. The average molecular weight is 397 g/mol. The van der Waals surface area contributed by atoms with Gasteiger partial charge in [0.15, 0.2) is 0 Å². The number of hydrogen-bond donors (Lipinski definition) is 0. The molecule has 0 aliphatic carbocycles. The molecule has 3 aromatic rings. The van der Waals surface area contributed by atoms with Gasteiger partial charge in [-0.2, -0.15) is 13.2 Å². The van der Waals surface area contributed by atoms with Gasteiger partial charge in [0, 0.05) is 10.8 Å². The van der Waals surface area contributed by atoms with Crippen LogP contribution in [0.15, 0.2) is 66.7 Å². The summed E-state index contributed by atoms with van der Waals surface area (Å²) in [5.41, 5.74) is 3.47. The predicted molar refractivity (Wildman–Crippen MR) is 111 cm³/mol. The number of halogens is 3. The summed E-state index contributed by atoms with van der Waals surface area (Å²) in [4.78, 5) is 4.94. The smallest absolute Gasteiger partial charge is 0.256 e. The predicted octanol–water partition coefficient (Wildman–Crippen LogP) is 7.06. The Morgan fingerprint density at radius 3 is 1.38 bits per heavy atom. The van der Waals surface area contributed by atoms with Crippen molar-refractivity contribution in [1.82, 2.24) is 4.98 Å². The van der Waals surface area contributed by atoms with E-state index in [2.05, 4.69) is 45.0 Å². The molecule has 0 fully saturated rings. The van der Waals surface area contributed by atoms with Crippen molar-refractivity contribution in [1.29, 1.82) is 0 Å². The summed E-state index contributed by atoms with van der Waals surface area (Å²) in [5.74, 6) is 0. The maximum Gasteiger partial charge on any atom is 0.416 e. The van der Waals surface area contributed by atoms with E-state index < -0.39 is 17.2 Å². The van der Waals surface area contributed by atoms with E-state index in [9.17, 15) is 13.2 Å². The fourth-order valence-corrected chi connectivity index (χ4v) is 3.47. The van der Waals surface area contributed by atoms with Crippen LogP contribution in [0.25, 0.3) is 0 Å². The summed E-state index contributed by atoms with van der Waals surface area (Å²) < 4.78 is 38.7. The van der Waals surface area contributed by atoms with E-state index in [-0.39, 0.29) is 5.41 Å². The van der Waals surface area contributed by atoms with Gasteiger partial charge in [-0.05, 0) is 42.3 Å². The lowest BCUT2D eigenvalue weighted by atomic mass is 9.78. The van der Waals surface area contributed by atoms with Crippen LogP contribution in [0.4, 0.5) is 13.2 Å². The highest BCUT2D eigenvalue weighted by Crippen LogP contribution is 2.36. The topological polar surface area (TPSA) is 12.9 Å². The van der Waals surface area contributed by atoms with E-state index in [0.29, 0.717) is 0 Å². The van der Waals surface area contributed by atoms with Crippen molar-refractivity contribution >= 4 is 0 Å². The van der Waals surface area contributed by atoms with E-state index in [1.165, 1.54) is 11.1 Å². The van der Waals surface area contributed by atoms with Crippen molar-refractivity contribution in [3.63, 3.8) is 0 Å². The van der Waals surface area contributed by atoms with Gasteiger partial charge < -0.3 is 0 Å². The number of aryl methyl sites for hydroxylation is 1. The molecule has 0 saturated carbocycles. The number of benzene rings is 2. The summed E-state index contributed by atoms with van der Waals surface area (Å²) in [7, 11) is 0. The third-order valence-corrected chi connectivity index (χ3v) is 5.74. The van der Waals surface area contributed by atoms with Crippen LogP contribution in [0.2, 0.25) is 0 Å². The van der Waals surface area contributed by atoms with Crippen LogP contribution >= 0.6 is 0 Å². The first-order valence-corrected chi connectivity index (χ1v) is 9.65. The van der Waals surface area contributed by atoms with Gasteiger partial charge in [0.2, 0.25) is 0 Å². The molecule has 0 N–H and O–H groups in total. The molecule has 2 aromatic carbocycles. The zero-order chi connectivity index (χ0) is 21.4. The Bertz CT molecular complexity index is 982. The van der Waals surface area contributed by atoms with Crippen LogP contribution in [0.1, 0.15) is 61.3 Å². The quantitative estimate of drug-likeness (QED) is 0.459. The molecule has 0 aliphatic rings. The zero-order valence-corrected chi connectivity index (χ0v) is 17.4. The fraction of sp³-hybridized carbons (Fsp3) is 0.320. The van der Waals surface area contributed by atoms with Crippen molar-refractivity contribution in [2.24, 2.45) is 0 Å². The second-order valence-corrected chi connectivity index (χ2v) is 8.60. The third-order valence-electron chi connectivity index (χ3n) is 5.74. The molecule has 0 bridgehead atoms. The second kappa shape index (κ2) is 7.33. The summed E-state index contributed by atoms with van der Waals surface area (Å²) in [6, 6.07) is 19.7. The first kappa shape index (κ1) is 21.1. The Kier molecular flexibility index (Phi) is 5.33. The van der Waals surface area contributed by atoms with Gasteiger partial charge in [-0.1, -0.05) is 75.7 Å². The minimum atomic E-state index is -4.33. The summed E-state index contributed by atoms with van der Waals surface area (Å²) in [6.07, 6.45) is -4.33. The Labute approximate surface area is 170 Å². The van der Waals surface area contributed by atoms with Crippen molar-refractivity contribution in [3.05, 3.63) is 100 Å². The molecule has 3 rings (SSSR count). The molecule has 0 amide bonds. The number of nitrogens with zero attached hydrogens (tertiary/aromatic N) is 1. The lowest BCUT2D eigenvalue weighted by Gasteiger charge is -2.29. The number of alkyl halides is 3. The molecule has 1 heterocycles. The standard InChI is InChI=1S/C25H26F3N/c1-17-9-11-18(12-10-17)23(2,3)21-7-6-8-22(29-21)24(4,5)19-13-15-20(16-14-19)25(26,27)28/h6-16H,1-5H3. The minimum Gasteiger partial charge on any atom is -0.256 e. The maximum atomic E-state index is 12.9. The van der Waals surface area contributed by atoms with Gasteiger partial charge in [0.25, 0.3) is 0 Å². The molecule has 0 aliphatic heterocycles. The van der Waals surface area contributed by atoms with Gasteiger partial charge in [-0.25, -0.2) is 0 Å².